The van der Waals surface area contributed by atoms with Crippen molar-refractivity contribution in [2.24, 2.45) is 5.92 Å². The van der Waals surface area contributed by atoms with Gasteiger partial charge in [-0.3, -0.25) is 4.79 Å². The van der Waals surface area contributed by atoms with Crippen LogP contribution in [0.5, 0.6) is 0 Å². The van der Waals surface area contributed by atoms with E-state index in [1.807, 2.05) is 24.3 Å². The van der Waals surface area contributed by atoms with Gasteiger partial charge in [-0.25, -0.2) is 0 Å². The predicted octanol–water partition coefficient (Wildman–Crippen LogP) is 2.95. The van der Waals surface area contributed by atoms with Crippen LogP contribution in [0, 0.1) is 5.92 Å². The van der Waals surface area contributed by atoms with Gasteiger partial charge in [0.1, 0.15) is 0 Å². The van der Waals surface area contributed by atoms with Crippen molar-refractivity contribution in [2.75, 3.05) is 11.1 Å². The summed E-state index contributed by atoms with van der Waals surface area (Å²) in [6.45, 7) is 0. The number of anilines is 2. The number of amides is 1. The summed E-state index contributed by atoms with van der Waals surface area (Å²) in [5, 5.41) is 2.89. The zero-order chi connectivity index (χ0) is 12.1. The largest absolute Gasteiger partial charge is 0.397 e. The number of benzene rings is 1. The molecule has 0 spiro atoms. The van der Waals surface area contributed by atoms with Crippen molar-refractivity contribution in [1.82, 2.24) is 0 Å². The molecule has 1 amide bonds. The van der Waals surface area contributed by atoms with Crippen molar-refractivity contribution < 1.29 is 4.79 Å². The molecule has 1 aliphatic rings. The lowest BCUT2D eigenvalue weighted by Gasteiger charge is -2.13. The van der Waals surface area contributed by atoms with Gasteiger partial charge in [0, 0.05) is 0 Å². The van der Waals surface area contributed by atoms with Gasteiger partial charge in [-0.1, -0.05) is 30.7 Å². The van der Waals surface area contributed by atoms with Gasteiger partial charge in [-0.05, 0) is 31.4 Å². The zero-order valence-corrected chi connectivity index (χ0v) is 9.86. The highest BCUT2D eigenvalue weighted by Crippen LogP contribution is 2.21. The van der Waals surface area contributed by atoms with Crippen molar-refractivity contribution in [2.45, 2.75) is 25.7 Å². The van der Waals surface area contributed by atoms with Gasteiger partial charge in [-0.15, -0.1) is 0 Å². The number of carbonyl (C=O) groups excluding carboxylic acids is 1. The van der Waals surface area contributed by atoms with Gasteiger partial charge in [0.15, 0.2) is 0 Å². The first kappa shape index (κ1) is 11.7. The third-order valence-electron chi connectivity index (χ3n) is 3.06. The van der Waals surface area contributed by atoms with E-state index in [1.165, 1.54) is 6.42 Å². The van der Waals surface area contributed by atoms with Crippen LogP contribution in [0.1, 0.15) is 25.7 Å². The standard InChI is InChI=1S/C14H18N2O/c15-12-9-5-6-10-13(12)16-14(17)11-7-3-1-2-4-8-11/h3,5-7,9-11H,1-2,4,8,15H2,(H,16,17). The number of nitrogens with one attached hydrogen (secondary N) is 1. The van der Waals surface area contributed by atoms with Gasteiger partial charge < -0.3 is 11.1 Å². The van der Waals surface area contributed by atoms with Crippen LogP contribution in [0.4, 0.5) is 11.4 Å². The summed E-state index contributed by atoms with van der Waals surface area (Å²) in [6, 6.07) is 7.34. The molecule has 0 bridgehead atoms. The Kier molecular flexibility index (Phi) is 3.81. The average molecular weight is 230 g/mol. The second-order valence-corrected chi connectivity index (χ2v) is 4.40. The molecule has 0 saturated carbocycles. The van der Waals surface area contributed by atoms with Crippen LogP contribution in [0.15, 0.2) is 36.4 Å². The van der Waals surface area contributed by atoms with Crippen LogP contribution < -0.4 is 11.1 Å². The molecule has 1 aliphatic carbocycles. The summed E-state index contributed by atoms with van der Waals surface area (Å²) in [7, 11) is 0. The minimum atomic E-state index is -0.0166. The fourth-order valence-corrected chi connectivity index (χ4v) is 2.04. The number of para-hydroxylation sites is 2. The van der Waals surface area contributed by atoms with Gasteiger partial charge in [-0.2, -0.15) is 0 Å². The van der Waals surface area contributed by atoms with E-state index in [4.69, 9.17) is 5.73 Å². The highest BCUT2D eigenvalue weighted by Gasteiger charge is 2.17. The lowest BCUT2D eigenvalue weighted by Crippen LogP contribution is -2.21. The number of rotatable bonds is 2. The quantitative estimate of drug-likeness (QED) is 0.606. The van der Waals surface area contributed by atoms with E-state index >= 15 is 0 Å². The molecule has 3 N–H and O–H groups in total. The maximum Gasteiger partial charge on any atom is 0.231 e. The average Bonchev–Trinajstić information content (AvgIpc) is 2.61. The number of hydrogen-bond acceptors (Lipinski definition) is 2. The fraction of sp³-hybridized carbons (Fsp3) is 0.357. The second-order valence-electron chi connectivity index (χ2n) is 4.40. The first-order valence-corrected chi connectivity index (χ1v) is 6.09. The van der Waals surface area contributed by atoms with Gasteiger partial charge in [0.2, 0.25) is 5.91 Å². The van der Waals surface area contributed by atoms with Crippen molar-refractivity contribution in [3.63, 3.8) is 0 Å². The number of hydrogen-bond donors (Lipinski definition) is 2. The minimum Gasteiger partial charge on any atom is -0.397 e. The lowest BCUT2D eigenvalue weighted by molar-refractivity contribution is -0.118. The van der Waals surface area contributed by atoms with Gasteiger partial charge in [0.25, 0.3) is 0 Å². The molecule has 3 nitrogen and oxygen atoms in total. The Bertz CT molecular complexity index is 426. The molecule has 1 atom stereocenters. The maximum atomic E-state index is 12.1. The Hall–Kier alpha value is -1.77. The van der Waals surface area contributed by atoms with Crippen LogP contribution in [-0.2, 0) is 4.79 Å². The number of nitrogens with two attached hydrogens (primary N) is 1. The summed E-state index contributed by atoms with van der Waals surface area (Å²) in [5.41, 5.74) is 7.11. The van der Waals surface area contributed by atoms with E-state index in [0.717, 1.165) is 19.3 Å². The summed E-state index contributed by atoms with van der Waals surface area (Å²) < 4.78 is 0. The summed E-state index contributed by atoms with van der Waals surface area (Å²) in [6.07, 6.45) is 8.41. The Balaban J connectivity index is 2.03. The van der Waals surface area contributed by atoms with Crippen molar-refractivity contribution >= 4 is 17.3 Å². The monoisotopic (exact) mass is 230 g/mol. The Morgan fingerprint density at radius 2 is 2.12 bits per heavy atom. The summed E-state index contributed by atoms with van der Waals surface area (Å²) in [5.74, 6) is 0.0261. The highest BCUT2D eigenvalue weighted by molar-refractivity contribution is 5.96. The molecule has 3 heteroatoms. The first-order valence-electron chi connectivity index (χ1n) is 6.09. The molecule has 17 heavy (non-hydrogen) atoms. The number of allylic oxidation sites excluding steroid dienone is 1. The van der Waals surface area contributed by atoms with E-state index in [-0.39, 0.29) is 11.8 Å². The molecular formula is C14H18N2O. The molecular weight excluding hydrogens is 212 g/mol. The van der Waals surface area contributed by atoms with Crippen LogP contribution >= 0.6 is 0 Å². The Morgan fingerprint density at radius 3 is 2.94 bits per heavy atom. The molecule has 90 valence electrons. The van der Waals surface area contributed by atoms with Crippen LogP contribution in [0.2, 0.25) is 0 Å². The molecule has 1 aromatic carbocycles. The van der Waals surface area contributed by atoms with Crippen molar-refractivity contribution in [3.8, 4) is 0 Å². The smallest absolute Gasteiger partial charge is 0.231 e. The summed E-state index contributed by atoms with van der Waals surface area (Å²) in [4.78, 5) is 12.1. The molecule has 2 rings (SSSR count). The van der Waals surface area contributed by atoms with Crippen LogP contribution in [-0.4, -0.2) is 5.91 Å². The van der Waals surface area contributed by atoms with E-state index in [1.54, 1.807) is 6.07 Å². The van der Waals surface area contributed by atoms with E-state index in [2.05, 4.69) is 11.4 Å². The van der Waals surface area contributed by atoms with E-state index in [0.29, 0.717) is 11.4 Å². The Labute approximate surface area is 102 Å². The van der Waals surface area contributed by atoms with Crippen molar-refractivity contribution in [3.05, 3.63) is 36.4 Å². The molecule has 1 unspecified atom stereocenters. The zero-order valence-electron chi connectivity index (χ0n) is 9.86. The topological polar surface area (TPSA) is 55.1 Å². The number of carbonyl (C=O) groups is 1. The minimum absolute atomic E-state index is 0.0166. The molecule has 0 heterocycles. The normalized spacial score (nSPS) is 19.6. The fourth-order valence-electron chi connectivity index (χ4n) is 2.04. The van der Waals surface area contributed by atoms with Crippen molar-refractivity contribution in [1.29, 1.82) is 0 Å². The number of nitrogen functional groups attached to an aromatic ring is 1. The molecule has 0 saturated heterocycles. The van der Waals surface area contributed by atoms with E-state index in [9.17, 15) is 4.79 Å². The maximum absolute atomic E-state index is 12.1. The Morgan fingerprint density at radius 1 is 1.29 bits per heavy atom. The first-order chi connectivity index (χ1) is 8.27. The van der Waals surface area contributed by atoms with E-state index < -0.39 is 0 Å². The molecule has 1 aromatic rings. The third-order valence-corrected chi connectivity index (χ3v) is 3.06. The molecule has 0 radical (unpaired) electrons. The third kappa shape index (κ3) is 3.09. The van der Waals surface area contributed by atoms with Gasteiger partial charge >= 0.3 is 0 Å². The predicted molar refractivity (Wildman–Crippen MR) is 70.6 cm³/mol. The molecule has 0 aliphatic heterocycles. The highest BCUT2D eigenvalue weighted by atomic mass is 16.1. The second kappa shape index (κ2) is 5.53. The van der Waals surface area contributed by atoms with Crippen LogP contribution in [0.3, 0.4) is 0 Å². The summed E-state index contributed by atoms with van der Waals surface area (Å²) >= 11 is 0. The SMILES string of the molecule is Nc1ccccc1NC(=O)C1C=CCCCC1. The van der Waals surface area contributed by atoms with Gasteiger partial charge in [0.05, 0.1) is 17.3 Å². The van der Waals surface area contributed by atoms with Crippen LogP contribution in [0.25, 0.3) is 0 Å². The lowest BCUT2D eigenvalue weighted by atomic mass is 10.0. The molecule has 0 fully saturated rings. The molecule has 0 aromatic heterocycles.